The Balaban J connectivity index is 2.30. The first-order valence-corrected chi connectivity index (χ1v) is 5.49. The van der Waals surface area contributed by atoms with Gasteiger partial charge >= 0.3 is 0 Å². The van der Waals surface area contributed by atoms with Crippen molar-refractivity contribution in [3.63, 3.8) is 0 Å². The van der Waals surface area contributed by atoms with Crippen LogP contribution in [0.5, 0.6) is 0 Å². The summed E-state index contributed by atoms with van der Waals surface area (Å²) in [4.78, 5) is 23.6. The molecule has 0 saturated heterocycles. The van der Waals surface area contributed by atoms with Crippen LogP contribution in [0.25, 0.3) is 6.08 Å². The highest BCUT2D eigenvalue weighted by Gasteiger charge is 2.26. The molecule has 0 aliphatic heterocycles. The molecule has 0 bridgehead atoms. The number of hydrogen-bond acceptors (Lipinski definition) is 3. The molecular formula is C14H11NO2. The summed E-state index contributed by atoms with van der Waals surface area (Å²) in [5, 5.41) is 8.45. The lowest BCUT2D eigenvalue weighted by Crippen LogP contribution is -2.21. The zero-order chi connectivity index (χ0) is 12.3. The number of carbonyl (C=O) groups excluding carboxylic acids is 2. The van der Waals surface area contributed by atoms with Crippen LogP contribution in [-0.2, 0) is 4.79 Å². The van der Waals surface area contributed by atoms with E-state index in [1.807, 2.05) is 18.2 Å². The summed E-state index contributed by atoms with van der Waals surface area (Å²) < 4.78 is 0. The fourth-order valence-electron chi connectivity index (χ4n) is 1.89. The quantitative estimate of drug-likeness (QED) is 0.586. The Hall–Kier alpha value is -2.21. The first-order valence-electron chi connectivity index (χ1n) is 5.49. The Labute approximate surface area is 99.4 Å². The minimum absolute atomic E-state index is 0.403. The van der Waals surface area contributed by atoms with E-state index in [2.05, 4.69) is 0 Å². The third-order valence-electron chi connectivity index (χ3n) is 2.77. The maximum Gasteiger partial charge on any atom is 0.233 e. The summed E-state index contributed by atoms with van der Waals surface area (Å²) >= 11 is 0. The topological polar surface area (TPSA) is 57.9 Å². The number of fused-ring (bicyclic) bond motifs is 1. The monoisotopic (exact) mass is 225 g/mol. The van der Waals surface area contributed by atoms with Gasteiger partial charge in [-0.1, -0.05) is 24.3 Å². The second-order valence-corrected chi connectivity index (χ2v) is 3.93. The summed E-state index contributed by atoms with van der Waals surface area (Å²) in [5.41, 5.74) is 1.79. The highest BCUT2D eigenvalue weighted by Crippen LogP contribution is 2.24. The van der Waals surface area contributed by atoms with Crippen molar-refractivity contribution in [1.29, 1.82) is 5.26 Å². The van der Waals surface area contributed by atoms with Gasteiger partial charge in [-0.05, 0) is 24.5 Å². The van der Waals surface area contributed by atoms with Crippen molar-refractivity contribution in [1.82, 2.24) is 0 Å². The molecule has 3 nitrogen and oxygen atoms in total. The van der Waals surface area contributed by atoms with E-state index in [4.69, 9.17) is 5.26 Å². The van der Waals surface area contributed by atoms with E-state index >= 15 is 0 Å². The zero-order valence-electron chi connectivity index (χ0n) is 9.27. The molecule has 0 heterocycles. The van der Waals surface area contributed by atoms with Crippen molar-refractivity contribution < 1.29 is 9.59 Å². The first-order chi connectivity index (χ1) is 8.24. The molecule has 1 aromatic carbocycles. The van der Waals surface area contributed by atoms with Crippen LogP contribution in [-0.4, -0.2) is 11.6 Å². The number of nitriles is 1. The van der Waals surface area contributed by atoms with Gasteiger partial charge < -0.3 is 0 Å². The van der Waals surface area contributed by atoms with Crippen LogP contribution in [0.3, 0.4) is 0 Å². The molecule has 0 fully saturated rings. The highest BCUT2D eigenvalue weighted by atomic mass is 16.2. The van der Waals surface area contributed by atoms with Gasteiger partial charge in [0.2, 0.25) is 11.6 Å². The number of ketones is 2. The van der Waals surface area contributed by atoms with E-state index in [1.165, 1.54) is 0 Å². The SMILES string of the molecule is N#CCCCC1=Cc2ccccc2C(=O)C1=O. The number of rotatable bonds is 3. The molecule has 0 spiro atoms. The summed E-state index contributed by atoms with van der Waals surface area (Å²) in [6.07, 6.45) is 3.27. The Morgan fingerprint density at radius 3 is 2.65 bits per heavy atom. The summed E-state index contributed by atoms with van der Waals surface area (Å²) in [6.45, 7) is 0. The average molecular weight is 225 g/mol. The molecule has 3 heteroatoms. The maximum atomic E-state index is 11.8. The Bertz CT molecular complexity index is 550. The normalized spacial score (nSPS) is 13.9. The summed E-state index contributed by atoms with van der Waals surface area (Å²) in [5.74, 6) is -0.864. The van der Waals surface area contributed by atoms with Crippen molar-refractivity contribution in [2.75, 3.05) is 0 Å². The maximum absolute atomic E-state index is 11.8. The van der Waals surface area contributed by atoms with Crippen molar-refractivity contribution in [3.8, 4) is 6.07 Å². The van der Waals surface area contributed by atoms with Gasteiger partial charge in [-0.15, -0.1) is 0 Å². The van der Waals surface area contributed by atoms with Crippen LogP contribution in [0.1, 0.15) is 35.2 Å². The van der Waals surface area contributed by atoms with Gasteiger partial charge in [0.05, 0.1) is 6.07 Å². The Morgan fingerprint density at radius 1 is 1.12 bits per heavy atom. The van der Waals surface area contributed by atoms with E-state index in [1.54, 1.807) is 18.2 Å². The minimum Gasteiger partial charge on any atom is -0.285 e. The minimum atomic E-state index is -0.435. The van der Waals surface area contributed by atoms with E-state index < -0.39 is 11.6 Å². The molecule has 1 aromatic rings. The predicted octanol–water partition coefficient (Wildman–Crippen LogP) is 2.53. The summed E-state index contributed by atoms with van der Waals surface area (Å²) in [6, 6.07) is 9.10. The predicted molar refractivity (Wildman–Crippen MR) is 63.2 cm³/mol. The molecular weight excluding hydrogens is 214 g/mol. The lowest BCUT2D eigenvalue weighted by atomic mass is 9.88. The third kappa shape index (κ3) is 2.16. The van der Waals surface area contributed by atoms with Gasteiger partial charge in [0.25, 0.3) is 0 Å². The molecule has 0 unspecified atom stereocenters. The molecule has 2 rings (SSSR count). The number of unbranched alkanes of at least 4 members (excludes halogenated alkanes) is 1. The molecule has 17 heavy (non-hydrogen) atoms. The molecule has 0 amide bonds. The fraction of sp³-hybridized carbons (Fsp3) is 0.214. The van der Waals surface area contributed by atoms with Crippen LogP contribution in [0.2, 0.25) is 0 Å². The van der Waals surface area contributed by atoms with E-state index in [0.717, 1.165) is 5.56 Å². The standard InChI is InChI=1S/C14H11NO2/c15-8-4-3-6-11-9-10-5-1-2-7-12(10)14(17)13(11)16/h1-2,5,7,9H,3-4,6H2. The molecule has 0 atom stereocenters. The van der Waals surface area contributed by atoms with E-state index in [0.29, 0.717) is 30.4 Å². The Kier molecular flexibility index (Phi) is 3.15. The van der Waals surface area contributed by atoms with Crippen molar-refractivity contribution in [3.05, 3.63) is 41.0 Å². The van der Waals surface area contributed by atoms with Gasteiger partial charge in [-0.2, -0.15) is 5.26 Å². The van der Waals surface area contributed by atoms with Crippen molar-refractivity contribution in [2.24, 2.45) is 0 Å². The lowest BCUT2D eigenvalue weighted by Gasteiger charge is -2.13. The molecule has 0 N–H and O–H groups in total. The lowest BCUT2D eigenvalue weighted by molar-refractivity contribution is -0.112. The molecule has 84 valence electrons. The van der Waals surface area contributed by atoms with Gasteiger partial charge in [-0.25, -0.2) is 0 Å². The first kappa shape index (κ1) is 11.3. The van der Waals surface area contributed by atoms with Crippen LogP contribution in [0.4, 0.5) is 0 Å². The van der Waals surface area contributed by atoms with Crippen LogP contribution >= 0.6 is 0 Å². The van der Waals surface area contributed by atoms with Crippen LogP contribution < -0.4 is 0 Å². The molecule has 1 aliphatic carbocycles. The van der Waals surface area contributed by atoms with Crippen molar-refractivity contribution >= 4 is 17.6 Å². The number of nitrogens with zero attached hydrogens (tertiary/aromatic N) is 1. The largest absolute Gasteiger partial charge is 0.285 e. The molecule has 0 saturated carbocycles. The second-order valence-electron chi connectivity index (χ2n) is 3.93. The second kappa shape index (κ2) is 4.75. The van der Waals surface area contributed by atoms with Gasteiger partial charge in [0.1, 0.15) is 0 Å². The Morgan fingerprint density at radius 2 is 1.88 bits per heavy atom. The number of hydrogen-bond donors (Lipinski definition) is 0. The molecule has 0 aromatic heterocycles. The molecule has 1 aliphatic rings. The van der Waals surface area contributed by atoms with E-state index in [-0.39, 0.29) is 0 Å². The van der Waals surface area contributed by atoms with Crippen LogP contribution in [0.15, 0.2) is 29.8 Å². The number of carbonyl (C=O) groups is 2. The smallest absolute Gasteiger partial charge is 0.233 e. The van der Waals surface area contributed by atoms with E-state index in [9.17, 15) is 9.59 Å². The summed E-state index contributed by atoms with van der Waals surface area (Å²) in [7, 11) is 0. The number of benzene rings is 1. The average Bonchev–Trinajstić information content (AvgIpc) is 2.35. The van der Waals surface area contributed by atoms with Gasteiger partial charge in [-0.3, -0.25) is 9.59 Å². The number of Topliss-reactive ketones (excluding diaryl/α,β-unsaturated/α-hetero) is 2. The van der Waals surface area contributed by atoms with Gasteiger partial charge in [0.15, 0.2) is 0 Å². The van der Waals surface area contributed by atoms with Crippen LogP contribution in [0, 0.1) is 11.3 Å². The fourth-order valence-corrected chi connectivity index (χ4v) is 1.89. The van der Waals surface area contributed by atoms with Crippen molar-refractivity contribution in [2.45, 2.75) is 19.3 Å². The molecule has 0 radical (unpaired) electrons. The highest BCUT2D eigenvalue weighted by molar-refractivity contribution is 6.51. The third-order valence-corrected chi connectivity index (χ3v) is 2.77. The number of allylic oxidation sites excluding steroid dienone is 1. The van der Waals surface area contributed by atoms with Gasteiger partial charge in [0, 0.05) is 17.6 Å². The zero-order valence-corrected chi connectivity index (χ0v) is 9.27.